The van der Waals surface area contributed by atoms with Gasteiger partial charge < -0.3 is 0 Å². The third-order valence-electron chi connectivity index (χ3n) is 8.97. The predicted molar refractivity (Wildman–Crippen MR) is 155 cm³/mol. The normalized spacial score (nSPS) is 16.7. The molecular weight excluding hydrogens is 441 g/mol. The van der Waals surface area contributed by atoms with Gasteiger partial charge in [0, 0.05) is 0 Å². The zero-order valence-electron chi connectivity index (χ0n) is 20.1. The fraction of sp³-hybridized carbons (Fsp3) is 0.125. The van der Waals surface area contributed by atoms with E-state index in [1.54, 1.807) is 20.7 Å². The summed E-state index contributed by atoms with van der Waals surface area (Å²) < 4.78 is 0. The molecule has 2 heterocycles. The molecule has 0 saturated heterocycles. The molecule has 0 aromatic heterocycles. The van der Waals surface area contributed by atoms with E-state index in [9.17, 15) is 0 Å². The molecule has 0 bridgehead atoms. The summed E-state index contributed by atoms with van der Waals surface area (Å²) in [5.74, 6) is 0. The summed E-state index contributed by atoms with van der Waals surface area (Å²) in [5.41, 5.74) is 6.00. The van der Waals surface area contributed by atoms with Crippen LogP contribution in [0.3, 0.4) is 0 Å². The maximum absolute atomic E-state index is 2.64. The van der Waals surface area contributed by atoms with Crippen LogP contribution in [0.2, 0.25) is 26.2 Å². The van der Waals surface area contributed by atoms with Crippen molar-refractivity contribution in [3.05, 3.63) is 84.9 Å². The highest BCUT2D eigenvalue weighted by atomic mass is 28.3. The highest BCUT2D eigenvalue weighted by Gasteiger charge is 2.43. The number of fused-ring (bicyclic) bond motifs is 9. The molecule has 162 valence electrons. The minimum absolute atomic E-state index is 1.38. The Morgan fingerprint density at radius 3 is 1.91 bits per heavy atom. The number of benzene rings is 6. The quantitative estimate of drug-likeness (QED) is 0.185. The molecule has 0 saturated carbocycles. The molecule has 2 heteroatoms. The Balaban J connectivity index is 1.70. The molecular formula is C32H26Si2. The van der Waals surface area contributed by atoms with E-state index in [1.807, 2.05) is 0 Å². The topological polar surface area (TPSA) is 0 Å². The summed E-state index contributed by atoms with van der Waals surface area (Å²) >= 11 is 0. The van der Waals surface area contributed by atoms with Gasteiger partial charge in [0.05, 0.1) is 0 Å². The van der Waals surface area contributed by atoms with Gasteiger partial charge in [-0.15, -0.1) is 0 Å². The van der Waals surface area contributed by atoms with Gasteiger partial charge in [-0.2, -0.15) is 0 Å². The molecule has 0 fully saturated rings. The molecule has 0 aliphatic carbocycles. The Labute approximate surface area is 202 Å². The van der Waals surface area contributed by atoms with Crippen LogP contribution in [0.4, 0.5) is 0 Å². The van der Waals surface area contributed by atoms with E-state index in [0.29, 0.717) is 0 Å². The van der Waals surface area contributed by atoms with E-state index >= 15 is 0 Å². The van der Waals surface area contributed by atoms with Crippen LogP contribution in [0.5, 0.6) is 0 Å². The molecule has 0 spiro atoms. The first-order chi connectivity index (χ1) is 16.4. The molecule has 0 atom stereocenters. The molecule has 6 aromatic rings. The van der Waals surface area contributed by atoms with Gasteiger partial charge in [0.2, 0.25) is 0 Å². The Bertz CT molecular complexity index is 1860. The minimum atomic E-state index is -1.82. The zero-order valence-corrected chi connectivity index (χ0v) is 22.1. The van der Waals surface area contributed by atoms with Gasteiger partial charge in [-0.05, 0) is 75.3 Å². The van der Waals surface area contributed by atoms with Crippen molar-refractivity contribution in [2.75, 3.05) is 0 Å². The molecule has 0 amide bonds. The van der Waals surface area contributed by atoms with Crippen molar-refractivity contribution in [2.45, 2.75) is 26.2 Å². The lowest BCUT2D eigenvalue weighted by molar-refractivity contribution is 1.73. The smallest absolute Gasteiger partial charge is 0.0623 e. The van der Waals surface area contributed by atoms with Gasteiger partial charge in [0.15, 0.2) is 0 Å². The average molecular weight is 467 g/mol. The van der Waals surface area contributed by atoms with Crippen molar-refractivity contribution in [3.8, 4) is 22.3 Å². The molecule has 2 aliphatic rings. The monoisotopic (exact) mass is 466 g/mol. The number of hydrogen-bond acceptors (Lipinski definition) is 0. The molecule has 6 aromatic carbocycles. The first-order valence-electron chi connectivity index (χ1n) is 12.4. The predicted octanol–water partition coefficient (Wildman–Crippen LogP) is 6.19. The Kier molecular flexibility index (Phi) is 3.31. The maximum Gasteiger partial charge on any atom is 0.114 e. The second kappa shape index (κ2) is 5.88. The number of hydrogen-bond donors (Lipinski definition) is 0. The standard InChI is InChI=1S/C32H26Si2/c1-33(2)25-14-7-5-11-20(25)29-22-17-16-19-10-9-13-23-28(19)30(22)24(18-27(29)33)31-21-12-6-8-15-26(21)34(3,4)32(23)31/h5-18H,1-4H3. The van der Waals surface area contributed by atoms with E-state index < -0.39 is 16.1 Å². The lowest BCUT2D eigenvalue weighted by Gasteiger charge is -2.25. The molecule has 0 unspecified atom stereocenters. The van der Waals surface area contributed by atoms with Crippen molar-refractivity contribution in [3.63, 3.8) is 0 Å². The van der Waals surface area contributed by atoms with Gasteiger partial charge in [-0.25, -0.2) is 0 Å². The van der Waals surface area contributed by atoms with Crippen LogP contribution in [0.1, 0.15) is 0 Å². The largest absolute Gasteiger partial charge is 0.114 e. The lowest BCUT2D eigenvalue weighted by Crippen LogP contribution is -2.50. The van der Waals surface area contributed by atoms with Crippen LogP contribution >= 0.6 is 0 Å². The summed E-state index contributed by atoms with van der Waals surface area (Å²) in [4.78, 5) is 0. The third kappa shape index (κ3) is 1.99. The summed E-state index contributed by atoms with van der Waals surface area (Å²) in [7, 11) is -3.59. The SMILES string of the molecule is C[Si]1(C)c2ccccc2-c2c1cc1c3c(c4cccc5ccc2c1c54)[Si](C)(C)c1ccccc1-3. The molecule has 8 rings (SSSR count). The lowest BCUT2D eigenvalue weighted by atomic mass is 9.86. The van der Waals surface area contributed by atoms with Crippen LogP contribution in [0.25, 0.3) is 54.6 Å². The van der Waals surface area contributed by atoms with Crippen molar-refractivity contribution >= 4 is 69.2 Å². The van der Waals surface area contributed by atoms with Gasteiger partial charge in [0.1, 0.15) is 16.1 Å². The van der Waals surface area contributed by atoms with Gasteiger partial charge in [0.25, 0.3) is 0 Å². The Hall–Kier alpha value is -3.21. The molecule has 0 radical (unpaired) electrons. The van der Waals surface area contributed by atoms with Crippen molar-refractivity contribution in [1.29, 1.82) is 0 Å². The van der Waals surface area contributed by atoms with E-state index in [0.717, 1.165) is 0 Å². The van der Waals surface area contributed by atoms with E-state index in [4.69, 9.17) is 0 Å². The molecule has 0 N–H and O–H groups in total. The third-order valence-corrected chi connectivity index (χ3v) is 16.0. The molecule has 2 aliphatic heterocycles. The summed E-state index contributed by atoms with van der Waals surface area (Å²) in [6.07, 6.45) is 0. The summed E-state index contributed by atoms with van der Waals surface area (Å²) in [6.45, 7) is 10.2. The molecule has 34 heavy (non-hydrogen) atoms. The summed E-state index contributed by atoms with van der Waals surface area (Å²) in [5, 5.41) is 15.2. The molecule has 0 nitrogen and oxygen atoms in total. The van der Waals surface area contributed by atoms with Crippen LogP contribution in [0, 0.1) is 0 Å². The van der Waals surface area contributed by atoms with Gasteiger partial charge in [-0.3, -0.25) is 0 Å². The highest BCUT2D eigenvalue weighted by molar-refractivity contribution is 7.06. The van der Waals surface area contributed by atoms with Crippen LogP contribution in [-0.4, -0.2) is 16.1 Å². The van der Waals surface area contributed by atoms with Gasteiger partial charge >= 0.3 is 0 Å². The van der Waals surface area contributed by atoms with E-state index in [-0.39, 0.29) is 0 Å². The zero-order chi connectivity index (χ0) is 23.0. The van der Waals surface area contributed by atoms with E-state index in [1.165, 1.54) is 54.6 Å². The Morgan fingerprint density at radius 1 is 0.471 bits per heavy atom. The minimum Gasteiger partial charge on any atom is -0.0623 e. The van der Waals surface area contributed by atoms with Crippen LogP contribution in [0.15, 0.2) is 84.9 Å². The fourth-order valence-electron chi connectivity index (χ4n) is 7.46. The van der Waals surface area contributed by atoms with Crippen LogP contribution in [-0.2, 0) is 0 Å². The number of rotatable bonds is 0. The van der Waals surface area contributed by atoms with Crippen LogP contribution < -0.4 is 20.7 Å². The maximum atomic E-state index is 2.64. The average Bonchev–Trinajstić information content (AvgIpc) is 3.23. The second-order valence-corrected chi connectivity index (χ2v) is 19.9. The second-order valence-electron chi connectivity index (χ2n) is 11.3. The fourth-order valence-corrected chi connectivity index (χ4v) is 14.0. The first-order valence-corrected chi connectivity index (χ1v) is 18.4. The van der Waals surface area contributed by atoms with E-state index in [2.05, 4.69) is 111 Å². The van der Waals surface area contributed by atoms with Crippen molar-refractivity contribution < 1.29 is 0 Å². The van der Waals surface area contributed by atoms with Gasteiger partial charge in [-0.1, -0.05) is 111 Å². The highest BCUT2D eigenvalue weighted by Crippen LogP contribution is 2.46. The first kappa shape index (κ1) is 19.1. The van der Waals surface area contributed by atoms with Crippen molar-refractivity contribution in [1.82, 2.24) is 0 Å². The Morgan fingerprint density at radius 2 is 1.15 bits per heavy atom. The summed E-state index contributed by atoms with van der Waals surface area (Å²) in [6, 6.07) is 32.9. The van der Waals surface area contributed by atoms with Crippen molar-refractivity contribution in [2.24, 2.45) is 0 Å².